The normalized spacial score (nSPS) is 12.9. The number of amides is 1. The number of ether oxygens (including phenoxy) is 2. The third-order valence-corrected chi connectivity index (χ3v) is 4.02. The van der Waals surface area contributed by atoms with E-state index >= 15 is 0 Å². The summed E-state index contributed by atoms with van der Waals surface area (Å²) in [7, 11) is 1.48. The molecule has 0 N–H and O–H groups in total. The van der Waals surface area contributed by atoms with Crippen LogP contribution in [0.3, 0.4) is 0 Å². The molecule has 0 aromatic heterocycles. The summed E-state index contributed by atoms with van der Waals surface area (Å²) in [4.78, 5) is 26.5. The first kappa shape index (κ1) is 16.1. The molecule has 1 aliphatic rings. The molecule has 1 amide bonds. The molecule has 1 heterocycles. The molecule has 3 rings (SSSR count). The number of esters is 1. The van der Waals surface area contributed by atoms with Gasteiger partial charge in [-0.2, -0.15) is 0 Å². The van der Waals surface area contributed by atoms with Crippen molar-refractivity contribution in [3.8, 4) is 5.75 Å². The van der Waals surface area contributed by atoms with E-state index in [-0.39, 0.29) is 12.5 Å². The summed E-state index contributed by atoms with van der Waals surface area (Å²) in [5.41, 5.74) is 2.82. The van der Waals surface area contributed by atoms with Crippen LogP contribution in [0, 0.1) is 0 Å². The Morgan fingerprint density at radius 1 is 1.21 bits per heavy atom. The van der Waals surface area contributed by atoms with Gasteiger partial charge in [0, 0.05) is 18.7 Å². The van der Waals surface area contributed by atoms with Crippen molar-refractivity contribution in [1.82, 2.24) is 4.90 Å². The van der Waals surface area contributed by atoms with Gasteiger partial charge in [-0.15, -0.1) is 0 Å². The summed E-state index contributed by atoms with van der Waals surface area (Å²) in [5.74, 6) is -0.129. The van der Waals surface area contributed by atoms with E-state index in [1.807, 2.05) is 30.3 Å². The van der Waals surface area contributed by atoms with E-state index in [0.717, 1.165) is 11.1 Å². The highest BCUT2D eigenvalue weighted by Crippen LogP contribution is 2.31. The molecule has 0 aliphatic carbocycles. The third kappa shape index (κ3) is 2.97. The molecule has 0 spiro atoms. The monoisotopic (exact) mass is 325 g/mol. The van der Waals surface area contributed by atoms with Crippen molar-refractivity contribution >= 4 is 11.9 Å². The molecule has 24 heavy (non-hydrogen) atoms. The van der Waals surface area contributed by atoms with Gasteiger partial charge in [0.15, 0.2) is 0 Å². The van der Waals surface area contributed by atoms with E-state index in [4.69, 9.17) is 9.47 Å². The van der Waals surface area contributed by atoms with E-state index in [1.165, 1.54) is 7.11 Å². The zero-order valence-corrected chi connectivity index (χ0v) is 13.7. The number of hydrogen-bond acceptors (Lipinski definition) is 4. The van der Waals surface area contributed by atoms with E-state index in [1.54, 1.807) is 24.0 Å². The molecule has 0 saturated heterocycles. The van der Waals surface area contributed by atoms with E-state index < -0.39 is 5.97 Å². The molecule has 0 fully saturated rings. The molecule has 5 nitrogen and oxygen atoms in total. The van der Waals surface area contributed by atoms with Crippen LogP contribution in [0.25, 0.3) is 0 Å². The molecule has 124 valence electrons. The summed E-state index contributed by atoms with van der Waals surface area (Å²) in [6.07, 6.45) is 0. The Labute approximate surface area is 140 Å². The summed E-state index contributed by atoms with van der Waals surface area (Å²) in [6, 6.07) is 13.2. The van der Waals surface area contributed by atoms with Gasteiger partial charge in [-0.3, -0.25) is 4.79 Å². The number of methoxy groups -OCH3 is 1. The number of carbonyl (C=O) groups excluding carboxylic acids is 2. The van der Waals surface area contributed by atoms with Crippen LogP contribution in [0.1, 0.15) is 38.8 Å². The van der Waals surface area contributed by atoms with Crippen molar-refractivity contribution in [2.24, 2.45) is 0 Å². The van der Waals surface area contributed by atoms with Crippen LogP contribution in [0.15, 0.2) is 42.5 Å². The average molecular weight is 325 g/mol. The van der Waals surface area contributed by atoms with Crippen LogP contribution in [0.4, 0.5) is 0 Å². The van der Waals surface area contributed by atoms with Crippen molar-refractivity contribution in [1.29, 1.82) is 0 Å². The van der Waals surface area contributed by atoms with E-state index in [0.29, 0.717) is 30.0 Å². The van der Waals surface area contributed by atoms with Gasteiger partial charge < -0.3 is 14.4 Å². The van der Waals surface area contributed by atoms with Crippen LogP contribution < -0.4 is 4.74 Å². The fourth-order valence-electron chi connectivity index (χ4n) is 2.87. The Balaban J connectivity index is 1.89. The summed E-state index contributed by atoms with van der Waals surface area (Å²) in [5, 5.41) is 0. The van der Waals surface area contributed by atoms with Gasteiger partial charge in [0.2, 0.25) is 0 Å². The second-order valence-corrected chi connectivity index (χ2v) is 5.58. The number of hydrogen-bond donors (Lipinski definition) is 0. The molecule has 0 bridgehead atoms. The SMILES string of the molecule is CCOC(=O)c1cc2c(cc1OC)C(=O)N(Cc1ccccc1)C2. The first-order chi connectivity index (χ1) is 11.6. The largest absolute Gasteiger partial charge is 0.496 e. The van der Waals surface area contributed by atoms with Crippen LogP contribution in [-0.4, -0.2) is 30.5 Å². The quantitative estimate of drug-likeness (QED) is 0.793. The lowest BCUT2D eigenvalue weighted by Crippen LogP contribution is -2.23. The third-order valence-electron chi connectivity index (χ3n) is 4.02. The summed E-state index contributed by atoms with van der Waals surface area (Å²) in [6.45, 7) is 3.05. The Bertz CT molecular complexity index is 770. The second kappa shape index (κ2) is 6.74. The van der Waals surface area contributed by atoms with Crippen molar-refractivity contribution in [2.75, 3.05) is 13.7 Å². The molecular weight excluding hydrogens is 306 g/mol. The number of rotatable bonds is 5. The smallest absolute Gasteiger partial charge is 0.341 e. The second-order valence-electron chi connectivity index (χ2n) is 5.58. The number of fused-ring (bicyclic) bond motifs is 1. The van der Waals surface area contributed by atoms with Crippen molar-refractivity contribution in [3.63, 3.8) is 0 Å². The Kier molecular flexibility index (Phi) is 4.51. The van der Waals surface area contributed by atoms with Gasteiger partial charge in [-0.25, -0.2) is 4.79 Å². The molecule has 2 aromatic carbocycles. The van der Waals surface area contributed by atoms with Gasteiger partial charge in [0.25, 0.3) is 5.91 Å². The van der Waals surface area contributed by atoms with Gasteiger partial charge in [-0.1, -0.05) is 30.3 Å². The van der Waals surface area contributed by atoms with Crippen LogP contribution in [0.5, 0.6) is 5.75 Å². The number of carbonyl (C=O) groups is 2. The van der Waals surface area contributed by atoms with Crippen molar-refractivity contribution < 1.29 is 19.1 Å². The highest BCUT2D eigenvalue weighted by molar-refractivity contribution is 6.01. The van der Waals surface area contributed by atoms with Gasteiger partial charge in [0.1, 0.15) is 11.3 Å². The molecule has 0 atom stereocenters. The summed E-state index contributed by atoms with van der Waals surface area (Å²) >= 11 is 0. The molecule has 0 unspecified atom stereocenters. The van der Waals surface area contributed by atoms with Crippen molar-refractivity contribution in [3.05, 3.63) is 64.7 Å². The predicted molar refractivity (Wildman–Crippen MR) is 89.0 cm³/mol. The first-order valence-corrected chi connectivity index (χ1v) is 7.85. The lowest BCUT2D eigenvalue weighted by atomic mass is 10.0. The van der Waals surface area contributed by atoms with E-state index in [9.17, 15) is 9.59 Å². The van der Waals surface area contributed by atoms with Crippen molar-refractivity contribution in [2.45, 2.75) is 20.0 Å². The predicted octanol–water partition coefficient (Wildman–Crippen LogP) is 3.03. The molecule has 2 aromatic rings. The minimum atomic E-state index is -0.439. The molecule has 0 saturated carbocycles. The maximum atomic E-state index is 12.6. The lowest BCUT2D eigenvalue weighted by molar-refractivity contribution is 0.0522. The molecule has 0 radical (unpaired) electrons. The topological polar surface area (TPSA) is 55.8 Å². The average Bonchev–Trinajstić information content (AvgIpc) is 2.90. The van der Waals surface area contributed by atoms with Crippen LogP contribution in [-0.2, 0) is 17.8 Å². The summed E-state index contributed by atoms with van der Waals surface area (Å²) < 4.78 is 10.3. The highest BCUT2D eigenvalue weighted by atomic mass is 16.5. The molecule has 1 aliphatic heterocycles. The van der Waals surface area contributed by atoms with Gasteiger partial charge in [0.05, 0.1) is 13.7 Å². The number of nitrogens with zero attached hydrogens (tertiary/aromatic N) is 1. The highest BCUT2D eigenvalue weighted by Gasteiger charge is 2.30. The Morgan fingerprint density at radius 2 is 1.96 bits per heavy atom. The zero-order chi connectivity index (χ0) is 17.1. The maximum absolute atomic E-state index is 12.6. The standard InChI is InChI=1S/C19H19NO4/c1-3-24-19(22)16-9-14-12-20(11-13-7-5-4-6-8-13)18(21)15(14)10-17(16)23-2/h4-10H,3,11-12H2,1-2H3. The molecular formula is C19H19NO4. The fraction of sp³-hybridized carbons (Fsp3) is 0.263. The van der Waals surface area contributed by atoms with Gasteiger partial charge >= 0.3 is 5.97 Å². The first-order valence-electron chi connectivity index (χ1n) is 7.85. The van der Waals surface area contributed by atoms with Crippen LogP contribution >= 0.6 is 0 Å². The maximum Gasteiger partial charge on any atom is 0.341 e. The Morgan fingerprint density at radius 3 is 2.62 bits per heavy atom. The Hall–Kier alpha value is -2.82. The lowest BCUT2D eigenvalue weighted by Gasteiger charge is -2.15. The van der Waals surface area contributed by atoms with Crippen LogP contribution in [0.2, 0.25) is 0 Å². The number of benzene rings is 2. The minimum Gasteiger partial charge on any atom is -0.496 e. The zero-order valence-electron chi connectivity index (χ0n) is 13.7. The van der Waals surface area contributed by atoms with E-state index in [2.05, 4.69) is 0 Å². The fourth-order valence-corrected chi connectivity index (χ4v) is 2.87. The molecule has 5 heteroatoms. The minimum absolute atomic E-state index is 0.0532. The van der Waals surface area contributed by atoms with Gasteiger partial charge in [-0.05, 0) is 30.2 Å².